The van der Waals surface area contributed by atoms with Crippen LogP contribution in [-0.4, -0.2) is 22.6 Å². The molecule has 0 aliphatic carbocycles. The number of hydrogen-bond acceptors (Lipinski definition) is 5. The van der Waals surface area contributed by atoms with Gasteiger partial charge >= 0.3 is 0 Å². The van der Waals surface area contributed by atoms with E-state index in [1.807, 2.05) is 12.1 Å². The number of nitrogens with zero attached hydrogens (tertiary/aromatic N) is 4. The van der Waals surface area contributed by atoms with Crippen molar-refractivity contribution in [3.63, 3.8) is 0 Å². The van der Waals surface area contributed by atoms with Crippen LogP contribution in [0.15, 0.2) is 322 Å². The fourth-order valence-corrected chi connectivity index (χ4v) is 17.3. The van der Waals surface area contributed by atoms with Crippen LogP contribution in [-0.2, 0) is 5.41 Å². The predicted molar refractivity (Wildman–Crippen MR) is 429 cm³/mol. The van der Waals surface area contributed by atoms with Gasteiger partial charge in [-0.2, -0.15) is 5.26 Å². The minimum absolute atomic E-state index is 0.104. The van der Waals surface area contributed by atoms with E-state index in [2.05, 4.69) is 350 Å². The normalized spacial score (nSPS) is 12.9. The van der Waals surface area contributed by atoms with Gasteiger partial charge < -0.3 is 28.2 Å². The number of nitriles is 1. The van der Waals surface area contributed by atoms with Gasteiger partial charge in [0.05, 0.1) is 33.7 Å². The summed E-state index contributed by atoms with van der Waals surface area (Å²) in [6.45, 7) is 6.26. The molecule has 21 rings (SSSR count). The quantitative estimate of drug-likeness (QED) is 0.142. The Morgan fingerprint density at radius 3 is 1.50 bits per heavy atom. The van der Waals surface area contributed by atoms with Crippen LogP contribution in [0.3, 0.4) is 0 Å². The van der Waals surface area contributed by atoms with Gasteiger partial charge in [-0.1, -0.05) is 227 Å². The van der Waals surface area contributed by atoms with Gasteiger partial charge in [0.2, 0.25) is 0 Å². The number of para-hydroxylation sites is 4. The lowest BCUT2D eigenvalue weighted by molar-refractivity contribution is 0.466. The Bertz CT molecular complexity index is 6420. The highest BCUT2D eigenvalue weighted by Gasteiger charge is 2.46. The fraction of sp³-hybridized carbons (Fsp3) is 0.0421. The average Bonchev–Trinajstić information content (AvgIpc) is 1.05. The van der Waals surface area contributed by atoms with Crippen molar-refractivity contribution in [1.29, 1.82) is 5.26 Å². The van der Waals surface area contributed by atoms with E-state index in [-0.39, 0.29) is 18.8 Å². The van der Waals surface area contributed by atoms with Crippen LogP contribution in [0.25, 0.3) is 111 Å². The van der Waals surface area contributed by atoms with Gasteiger partial charge in [-0.05, 0) is 198 Å². The van der Waals surface area contributed by atoms with Crippen LogP contribution in [0.1, 0.15) is 31.9 Å². The average molecular weight is 1330 g/mol. The number of anilines is 3. The van der Waals surface area contributed by atoms with Crippen molar-refractivity contribution in [3.8, 4) is 108 Å². The van der Waals surface area contributed by atoms with Gasteiger partial charge in [0.25, 0.3) is 13.4 Å². The summed E-state index contributed by atoms with van der Waals surface area (Å²) >= 11 is 0. The van der Waals surface area contributed by atoms with Crippen molar-refractivity contribution >= 4 is 107 Å². The van der Waals surface area contributed by atoms with E-state index in [9.17, 15) is 5.26 Å². The maximum atomic E-state index is 10.4. The highest BCUT2D eigenvalue weighted by molar-refractivity contribution is 6.99. The molecule has 0 spiro atoms. The van der Waals surface area contributed by atoms with Crippen molar-refractivity contribution in [2.45, 2.75) is 26.2 Å². The first kappa shape index (κ1) is 59.6. The zero-order valence-corrected chi connectivity index (χ0v) is 57.3. The molecule has 0 bridgehead atoms. The Kier molecular flexibility index (Phi) is 13.1. The SMILES string of the molecule is CC(C)(C)c1ccc2c(c1)c1cc(C#N)ccc1n2-c1ccc2c(c1)Oc1cc(-c3cc4c5c(c3-c3ccccc3-c3ccccc3)Oc3ccccc3B5c3ccccc3O4)cc3c1B2c1ccc(-n2c4ccccc4c4ccccc42)cc1N3c1cc(-c2ccccc2)cc(-c2ccccc2)c1. The maximum absolute atomic E-state index is 10.4. The number of rotatable bonds is 8. The molecule has 0 amide bonds. The largest absolute Gasteiger partial charge is 0.458 e. The summed E-state index contributed by atoms with van der Waals surface area (Å²) < 4.78 is 27.6. The summed E-state index contributed by atoms with van der Waals surface area (Å²) in [6, 6.07) is 119. The Balaban J connectivity index is 0.883. The molecule has 15 aromatic carbocycles. The predicted octanol–water partition coefficient (Wildman–Crippen LogP) is 20.5. The molecule has 7 nitrogen and oxygen atoms in total. The van der Waals surface area contributed by atoms with E-state index < -0.39 is 0 Å². The zero-order chi connectivity index (χ0) is 69.1. The van der Waals surface area contributed by atoms with E-state index in [0.29, 0.717) is 5.56 Å². The van der Waals surface area contributed by atoms with Crippen molar-refractivity contribution in [2.75, 3.05) is 4.90 Å². The second-order valence-electron chi connectivity index (χ2n) is 28.9. The monoisotopic (exact) mass is 1330 g/mol. The van der Waals surface area contributed by atoms with Gasteiger partial charge in [0, 0.05) is 67.1 Å². The number of ether oxygens (including phenoxy) is 3. The minimum atomic E-state index is -0.315. The van der Waals surface area contributed by atoms with Gasteiger partial charge in [-0.15, -0.1) is 0 Å². The van der Waals surface area contributed by atoms with Gasteiger partial charge in [-0.25, -0.2) is 0 Å². The van der Waals surface area contributed by atoms with Gasteiger partial charge in [0.1, 0.15) is 34.5 Å². The minimum Gasteiger partial charge on any atom is -0.458 e. The van der Waals surface area contributed by atoms with E-state index in [1.165, 1.54) is 16.3 Å². The first-order chi connectivity index (χ1) is 51.1. The molecular weight excluding hydrogens is 1270 g/mol. The lowest BCUT2D eigenvalue weighted by Crippen LogP contribution is -2.59. The van der Waals surface area contributed by atoms with Crippen molar-refractivity contribution in [2.24, 2.45) is 0 Å². The summed E-state index contributed by atoms with van der Waals surface area (Å²) in [5.41, 5.74) is 27.8. The molecule has 4 aliphatic rings. The third-order valence-electron chi connectivity index (χ3n) is 22.0. The van der Waals surface area contributed by atoms with E-state index >= 15 is 0 Å². The summed E-state index contributed by atoms with van der Waals surface area (Å²) in [5, 5.41) is 14.9. The van der Waals surface area contributed by atoms with Crippen LogP contribution in [0.4, 0.5) is 17.1 Å². The van der Waals surface area contributed by atoms with E-state index in [0.717, 1.165) is 184 Å². The Labute approximate surface area is 603 Å². The van der Waals surface area contributed by atoms with Crippen molar-refractivity contribution in [3.05, 3.63) is 333 Å². The summed E-state index contributed by atoms with van der Waals surface area (Å²) in [4.78, 5) is 2.53. The van der Waals surface area contributed by atoms with E-state index in [4.69, 9.17) is 14.2 Å². The highest BCUT2D eigenvalue weighted by Crippen LogP contribution is 2.53. The van der Waals surface area contributed by atoms with Crippen molar-refractivity contribution in [1.82, 2.24) is 9.13 Å². The molecule has 0 fully saturated rings. The highest BCUT2D eigenvalue weighted by atomic mass is 16.5. The van der Waals surface area contributed by atoms with Crippen LogP contribution in [0, 0.1) is 11.3 Å². The third kappa shape index (κ3) is 9.11. The molecule has 6 heterocycles. The van der Waals surface area contributed by atoms with Crippen LogP contribution >= 0.6 is 0 Å². The Morgan fingerprint density at radius 2 is 0.837 bits per heavy atom. The number of hydrogen-bond donors (Lipinski definition) is 0. The molecular formula is C95H62B2N4O3. The molecule has 0 saturated carbocycles. The molecule has 0 atom stereocenters. The Hall–Kier alpha value is -13.3. The summed E-state index contributed by atoms with van der Waals surface area (Å²) in [6.07, 6.45) is 0. The standard InChI is InChI=1S/C95H62B2N4O3/c1-95(2,3)65-40-46-83-75(53-65)74-47-58(57-98)39-45-82(74)100(83)67-42-44-79-88(55-67)103-89-52-64(73-56-90-93-94(91(73)72-32-14-13-29-69(72)61-27-11-6-12-28-61)104-87-38-22-18-34-78(87)97(93)77-33-17-21-37-86(77)102-90)51-85-92(89)96(79)76-43-41-66(99-80-35-19-15-30-70(80)71-31-16-20-36-81(71)99)54-84(76)101(85)68-49-62(59-23-7-4-8-24-59)48-63(50-68)60-25-9-5-10-26-60/h4-56H,1-3H3. The number of aromatic nitrogens is 2. The number of fused-ring (bicyclic) bond motifs is 14. The molecule has 486 valence electrons. The topological polar surface area (TPSA) is 64.6 Å². The molecule has 4 aliphatic heterocycles. The second kappa shape index (κ2) is 22.9. The molecule has 0 unspecified atom stereocenters. The zero-order valence-electron chi connectivity index (χ0n) is 57.3. The molecule has 0 radical (unpaired) electrons. The Morgan fingerprint density at radius 1 is 0.317 bits per heavy atom. The fourth-order valence-electron chi connectivity index (χ4n) is 17.3. The molecule has 0 saturated heterocycles. The molecule has 104 heavy (non-hydrogen) atoms. The van der Waals surface area contributed by atoms with Gasteiger partial charge in [-0.3, -0.25) is 0 Å². The summed E-state index contributed by atoms with van der Waals surface area (Å²) in [7, 11) is 0. The molecule has 2 aromatic heterocycles. The third-order valence-corrected chi connectivity index (χ3v) is 22.0. The molecule has 0 N–H and O–H groups in total. The summed E-state index contributed by atoms with van der Waals surface area (Å²) in [5.74, 6) is 4.59. The van der Waals surface area contributed by atoms with E-state index in [1.54, 1.807) is 0 Å². The van der Waals surface area contributed by atoms with Gasteiger partial charge in [0.15, 0.2) is 0 Å². The van der Waals surface area contributed by atoms with Crippen molar-refractivity contribution < 1.29 is 14.2 Å². The van der Waals surface area contributed by atoms with Crippen LogP contribution in [0.5, 0.6) is 34.5 Å². The van der Waals surface area contributed by atoms with Crippen LogP contribution < -0.4 is 51.9 Å². The smallest absolute Gasteiger partial charge is 0.260 e. The lowest BCUT2D eigenvalue weighted by atomic mass is 9.34. The number of benzene rings is 15. The van der Waals surface area contributed by atoms with Crippen LogP contribution in [0.2, 0.25) is 0 Å². The lowest BCUT2D eigenvalue weighted by Gasteiger charge is -2.41. The second-order valence-corrected chi connectivity index (χ2v) is 28.9. The first-order valence-corrected chi connectivity index (χ1v) is 35.7. The maximum Gasteiger partial charge on any atom is 0.260 e. The first-order valence-electron chi connectivity index (χ1n) is 35.7. The molecule has 17 aromatic rings. The molecule has 9 heteroatoms.